The number of fused-ring (bicyclic) bond motifs is 1. The fraction of sp³-hybridized carbons (Fsp3) is 0.500. The molecule has 62 heavy (non-hydrogen) atoms. The summed E-state index contributed by atoms with van der Waals surface area (Å²) in [5, 5.41) is 5.19. The molecule has 1 fully saturated rings. The van der Waals surface area contributed by atoms with E-state index in [1.807, 2.05) is 13.8 Å². The van der Waals surface area contributed by atoms with Gasteiger partial charge < -0.3 is 81.4 Å². The van der Waals surface area contributed by atoms with Gasteiger partial charge in [0.1, 0.15) is 37.5 Å². The SMILES string of the molecule is CC.NCCNC(=O)c1cccc(OCC(N)OCCOCC(=O)NCC#Cc2cn([C@H]3C[C@@H](OCN)C(COP(=O)(O)OP(=O)(O)OP(=O)(O)O)O3)c3nc(N)[nH]c(=O)c23)c1. The Hall–Kier alpha value is -4.13. The summed E-state index contributed by atoms with van der Waals surface area (Å²) in [7, 11) is -16.9. The minimum absolute atomic E-state index is 0.00816. The molecule has 2 aromatic heterocycles. The van der Waals surface area contributed by atoms with Gasteiger partial charge in [-0.25, -0.2) is 13.7 Å². The number of benzene rings is 1. The molecule has 30 heteroatoms. The maximum atomic E-state index is 13.0. The number of nitrogens with one attached hydrogen (secondary N) is 3. The zero-order chi connectivity index (χ0) is 46.1. The highest BCUT2D eigenvalue weighted by atomic mass is 31.3. The number of hydrogen-bond donors (Lipinski definition) is 11. The number of aromatic amines is 1. The van der Waals surface area contributed by atoms with Crippen molar-refractivity contribution in [2.75, 3.05) is 65.1 Å². The lowest BCUT2D eigenvalue weighted by molar-refractivity contribution is -0.126. The third-order valence-corrected chi connectivity index (χ3v) is 11.5. The van der Waals surface area contributed by atoms with E-state index in [-0.39, 0.29) is 74.6 Å². The molecule has 3 heterocycles. The molecule has 346 valence electrons. The molecule has 4 rings (SSSR count). The standard InChI is InChI=1S/C30H44N9O18P3.C2H6/c31-6-8-36-28(41)18-3-1-5-20(11-18)52-15-23(33)51-10-9-50-16-24(40)35-7-2-4-19-13-39(27-26(19)29(42)38-30(34)37-27)25-12-21(53-17-32)22(55-25)14-54-59(46,47)57-60(48,49)56-58(43,44)45;1-2/h1,3,5,11,13,21-23,25H,6-10,12,14-17,31-33H2,(H,35,40)(H,36,41)(H,46,47)(H,48,49)(H2,43,44,45)(H3,34,37,38,42);1-2H3/t21-,22?,23?,25-;/m1./s1. The maximum absolute atomic E-state index is 13.0. The van der Waals surface area contributed by atoms with Crippen LogP contribution in [0.1, 0.15) is 42.4 Å². The fourth-order valence-corrected chi connectivity index (χ4v) is 8.31. The molecular formula is C32H50N9O18P3. The Kier molecular flexibility index (Phi) is 20.8. The Labute approximate surface area is 353 Å². The van der Waals surface area contributed by atoms with Crippen molar-refractivity contribution in [3.63, 3.8) is 0 Å². The Bertz CT molecular complexity index is 2230. The predicted octanol–water partition coefficient (Wildman–Crippen LogP) is -1.18. The summed E-state index contributed by atoms with van der Waals surface area (Å²) in [6.45, 7) is 2.95. The Balaban J connectivity index is 0.00000504. The van der Waals surface area contributed by atoms with E-state index in [4.69, 9.17) is 60.9 Å². The summed E-state index contributed by atoms with van der Waals surface area (Å²) in [6.07, 6.45) is -2.66. The number of anilines is 1. The van der Waals surface area contributed by atoms with Crippen molar-refractivity contribution >= 4 is 52.3 Å². The van der Waals surface area contributed by atoms with Gasteiger partial charge in [-0.2, -0.15) is 13.6 Å². The number of aromatic nitrogens is 3. The normalized spacial score (nSPS) is 18.6. The number of nitrogen functional groups attached to an aromatic ring is 1. The van der Waals surface area contributed by atoms with Crippen LogP contribution in [0.5, 0.6) is 5.75 Å². The number of amides is 2. The van der Waals surface area contributed by atoms with Crippen molar-refractivity contribution in [2.45, 2.75) is 44.9 Å². The van der Waals surface area contributed by atoms with Crippen LogP contribution in [0.15, 0.2) is 35.3 Å². The molecule has 6 atom stereocenters. The average molecular weight is 942 g/mol. The van der Waals surface area contributed by atoms with Crippen molar-refractivity contribution in [3.8, 4) is 17.6 Å². The predicted molar refractivity (Wildman–Crippen MR) is 216 cm³/mol. The van der Waals surface area contributed by atoms with Gasteiger partial charge in [0.25, 0.3) is 11.5 Å². The number of phosphoric acid groups is 3. The van der Waals surface area contributed by atoms with Crippen LogP contribution in [0.25, 0.3) is 11.0 Å². The lowest BCUT2D eigenvalue weighted by Gasteiger charge is -2.20. The lowest BCUT2D eigenvalue weighted by atomic mass is 10.2. The van der Waals surface area contributed by atoms with Crippen LogP contribution in [-0.4, -0.2) is 124 Å². The van der Waals surface area contributed by atoms with E-state index in [0.29, 0.717) is 24.4 Å². The second kappa shape index (κ2) is 24.6. The second-order valence-corrected chi connectivity index (χ2v) is 16.6. The maximum Gasteiger partial charge on any atom is 0.490 e. The van der Waals surface area contributed by atoms with Gasteiger partial charge in [0, 0.05) is 31.3 Å². The molecule has 27 nitrogen and oxygen atoms in total. The van der Waals surface area contributed by atoms with E-state index in [1.165, 1.54) is 10.8 Å². The van der Waals surface area contributed by atoms with Gasteiger partial charge in [-0.3, -0.25) is 23.9 Å². The van der Waals surface area contributed by atoms with E-state index >= 15 is 0 Å². The number of rotatable bonds is 23. The first kappa shape index (κ1) is 52.2. The number of hydrogen-bond acceptors (Lipinski definition) is 19. The molecular weight excluding hydrogens is 891 g/mol. The monoisotopic (exact) mass is 941 g/mol. The summed E-state index contributed by atoms with van der Waals surface area (Å²) < 4.78 is 76.1. The van der Waals surface area contributed by atoms with Gasteiger partial charge in [0.15, 0.2) is 5.65 Å². The van der Waals surface area contributed by atoms with Crippen LogP contribution in [0.4, 0.5) is 5.95 Å². The molecule has 3 aromatic rings. The molecule has 1 aliphatic heterocycles. The van der Waals surface area contributed by atoms with Gasteiger partial charge >= 0.3 is 23.5 Å². The molecule has 1 aromatic carbocycles. The van der Waals surface area contributed by atoms with Gasteiger partial charge in [-0.1, -0.05) is 31.8 Å². The van der Waals surface area contributed by atoms with Crippen LogP contribution < -0.4 is 43.9 Å². The topological polar surface area (TPSA) is 419 Å². The first-order chi connectivity index (χ1) is 29.3. The van der Waals surface area contributed by atoms with Gasteiger partial charge in [0.2, 0.25) is 11.9 Å². The Morgan fingerprint density at radius 2 is 1.84 bits per heavy atom. The van der Waals surface area contributed by atoms with Crippen LogP contribution >= 0.6 is 23.5 Å². The van der Waals surface area contributed by atoms with Gasteiger partial charge in [-0.05, 0) is 18.2 Å². The molecule has 0 spiro atoms. The zero-order valence-corrected chi connectivity index (χ0v) is 36.0. The summed E-state index contributed by atoms with van der Waals surface area (Å²) in [5.41, 5.74) is 22.5. The number of carbonyl (C=O) groups is 2. The number of nitrogens with zero attached hydrogens (tertiary/aromatic N) is 2. The van der Waals surface area contributed by atoms with Crippen molar-refractivity contribution in [2.24, 2.45) is 17.2 Å². The highest BCUT2D eigenvalue weighted by molar-refractivity contribution is 7.66. The number of phosphoric ester groups is 1. The van der Waals surface area contributed by atoms with E-state index in [1.54, 1.807) is 24.3 Å². The van der Waals surface area contributed by atoms with Crippen molar-refractivity contribution < 1.29 is 79.7 Å². The Morgan fingerprint density at radius 1 is 1.10 bits per heavy atom. The van der Waals surface area contributed by atoms with Crippen LogP contribution in [-0.2, 0) is 50.6 Å². The second-order valence-electron chi connectivity index (χ2n) is 12.1. The molecule has 15 N–H and O–H groups in total. The third-order valence-electron chi connectivity index (χ3n) is 7.65. The molecule has 0 bridgehead atoms. The zero-order valence-electron chi connectivity index (χ0n) is 33.3. The molecule has 4 unspecified atom stereocenters. The van der Waals surface area contributed by atoms with E-state index in [2.05, 4.69) is 41.1 Å². The molecule has 2 amide bonds. The number of ether oxygens (including phenoxy) is 5. The quantitative estimate of drug-likeness (QED) is 0.0231. The molecule has 0 aliphatic carbocycles. The first-order valence-electron chi connectivity index (χ1n) is 18.4. The highest BCUT2D eigenvalue weighted by Gasteiger charge is 2.43. The molecule has 1 aliphatic rings. The van der Waals surface area contributed by atoms with Crippen LogP contribution in [0, 0.1) is 11.8 Å². The largest absolute Gasteiger partial charge is 0.490 e. The summed E-state index contributed by atoms with van der Waals surface area (Å²) in [4.78, 5) is 80.7. The minimum Gasteiger partial charge on any atom is -0.489 e. The molecule has 1 saturated heterocycles. The van der Waals surface area contributed by atoms with Crippen molar-refractivity contribution in [1.29, 1.82) is 0 Å². The van der Waals surface area contributed by atoms with E-state index in [9.17, 15) is 37.9 Å². The fourth-order valence-electron chi connectivity index (χ4n) is 5.28. The number of carbonyl (C=O) groups excluding carboxylic acids is 2. The molecule has 0 radical (unpaired) electrons. The number of H-pyrrole nitrogens is 1. The third kappa shape index (κ3) is 17.2. The summed E-state index contributed by atoms with van der Waals surface area (Å²) in [5.74, 6) is 4.82. The smallest absolute Gasteiger partial charge is 0.489 e. The first-order valence-corrected chi connectivity index (χ1v) is 22.9. The summed E-state index contributed by atoms with van der Waals surface area (Å²) >= 11 is 0. The minimum atomic E-state index is -5.78. The lowest BCUT2D eigenvalue weighted by Crippen LogP contribution is -2.33. The van der Waals surface area contributed by atoms with Gasteiger partial charge in [-0.15, -0.1) is 0 Å². The van der Waals surface area contributed by atoms with E-state index < -0.39 is 66.2 Å². The van der Waals surface area contributed by atoms with Crippen LogP contribution in [0.3, 0.4) is 0 Å². The highest BCUT2D eigenvalue weighted by Crippen LogP contribution is 2.66. The van der Waals surface area contributed by atoms with Crippen molar-refractivity contribution in [3.05, 3.63) is 51.9 Å². The summed E-state index contributed by atoms with van der Waals surface area (Å²) in [6, 6.07) is 6.48. The average Bonchev–Trinajstić information content (AvgIpc) is 3.77. The van der Waals surface area contributed by atoms with E-state index in [0.717, 1.165) is 0 Å². The van der Waals surface area contributed by atoms with Crippen molar-refractivity contribution in [1.82, 2.24) is 25.2 Å². The molecule has 0 saturated carbocycles. The van der Waals surface area contributed by atoms with Gasteiger partial charge in [0.05, 0.1) is 50.1 Å². The Morgan fingerprint density at radius 3 is 2.53 bits per heavy atom. The van der Waals surface area contributed by atoms with Crippen LogP contribution in [0.2, 0.25) is 0 Å². The number of nitrogens with two attached hydrogens (primary N) is 4.